The zero-order valence-electron chi connectivity index (χ0n) is 11.2. The van der Waals surface area contributed by atoms with E-state index in [0.717, 1.165) is 11.1 Å². The second-order valence-corrected chi connectivity index (χ2v) is 4.85. The molecule has 4 aromatic rings. The predicted molar refractivity (Wildman–Crippen MR) is 83.6 cm³/mol. The molecule has 0 saturated carbocycles. The van der Waals surface area contributed by atoms with Gasteiger partial charge in [-0.1, -0.05) is 30.3 Å². The number of hydrogen-bond acceptors (Lipinski definition) is 3. The Kier molecular flexibility index (Phi) is 2.75. The molecule has 3 nitrogen and oxygen atoms in total. The van der Waals surface area contributed by atoms with Crippen molar-refractivity contribution in [1.82, 2.24) is 9.97 Å². The second-order valence-electron chi connectivity index (χ2n) is 4.85. The van der Waals surface area contributed by atoms with E-state index >= 15 is 0 Å². The van der Waals surface area contributed by atoms with Crippen molar-refractivity contribution in [3.05, 3.63) is 73.2 Å². The molecule has 0 aliphatic carbocycles. The number of rotatable bonds is 2. The largest absolute Gasteiger partial charge is 0.437 e. The van der Waals surface area contributed by atoms with E-state index in [0.29, 0.717) is 5.88 Å². The van der Waals surface area contributed by atoms with Crippen LogP contribution in [0.2, 0.25) is 0 Å². The van der Waals surface area contributed by atoms with Crippen LogP contribution >= 0.6 is 0 Å². The van der Waals surface area contributed by atoms with Gasteiger partial charge in [0, 0.05) is 12.4 Å². The van der Waals surface area contributed by atoms with E-state index in [1.54, 1.807) is 18.6 Å². The lowest BCUT2D eigenvalue weighted by Gasteiger charge is -2.06. The fourth-order valence-corrected chi connectivity index (χ4v) is 2.44. The summed E-state index contributed by atoms with van der Waals surface area (Å²) in [5.74, 6) is 1.26. The molecule has 0 aliphatic rings. The maximum absolute atomic E-state index is 5.72. The highest BCUT2D eigenvalue weighted by molar-refractivity contribution is 5.98. The molecule has 4 rings (SSSR count). The predicted octanol–water partition coefficient (Wildman–Crippen LogP) is 4.58. The monoisotopic (exact) mass is 272 g/mol. The fraction of sp³-hybridized carbons (Fsp3) is 0. The van der Waals surface area contributed by atoms with Gasteiger partial charge in [-0.3, -0.25) is 4.98 Å². The van der Waals surface area contributed by atoms with Crippen molar-refractivity contribution < 1.29 is 4.74 Å². The van der Waals surface area contributed by atoms with Crippen molar-refractivity contribution in [3.8, 4) is 11.6 Å². The van der Waals surface area contributed by atoms with Crippen molar-refractivity contribution in [2.75, 3.05) is 0 Å². The van der Waals surface area contributed by atoms with Gasteiger partial charge in [0.05, 0.1) is 6.20 Å². The van der Waals surface area contributed by atoms with Gasteiger partial charge in [0.2, 0.25) is 5.88 Å². The number of aromatic nitrogens is 2. The Balaban J connectivity index is 1.80. The van der Waals surface area contributed by atoms with Crippen LogP contribution in [0.5, 0.6) is 11.6 Å². The first-order chi connectivity index (χ1) is 10.4. The fourth-order valence-electron chi connectivity index (χ4n) is 2.44. The molecule has 3 heteroatoms. The minimum atomic E-state index is 0.498. The maximum atomic E-state index is 5.72. The lowest BCUT2D eigenvalue weighted by atomic mass is 10.0. The minimum absolute atomic E-state index is 0.498. The number of nitrogens with zero attached hydrogens (tertiary/aromatic N) is 2. The summed E-state index contributed by atoms with van der Waals surface area (Å²) in [6, 6.07) is 18.7. The molecule has 0 N–H and O–H groups in total. The summed E-state index contributed by atoms with van der Waals surface area (Å²) in [6.07, 6.45) is 4.84. The molecule has 100 valence electrons. The molecule has 0 aliphatic heterocycles. The Labute approximate surface area is 121 Å². The minimum Gasteiger partial charge on any atom is -0.437 e. The van der Waals surface area contributed by atoms with E-state index in [9.17, 15) is 0 Å². The van der Waals surface area contributed by atoms with E-state index in [4.69, 9.17) is 4.74 Å². The Hall–Kier alpha value is -2.94. The molecule has 0 bridgehead atoms. The first kappa shape index (κ1) is 11.9. The van der Waals surface area contributed by atoms with Gasteiger partial charge in [0.1, 0.15) is 5.75 Å². The van der Waals surface area contributed by atoms with Crippen molar-refractivity contribution in [2.45, 2.75) is 0 Å². The third kappa shape index (κ3) is 2.30. The summed E-state index contributed by atoms with van der Waals surface area (Å²) in [7, 11) is 0. The van der Waals surface area contributed by atoms with Gasteiger partial charge in [-0.25, -0.2) is 4.98 Å². The van der Waals surface area contributed by atoms with Crippen LogP contribution in [-0.4, -0.2) is 9.97 Å². The molecular weight excluding hydrogens is 260 g/mol. The molecule has 0 spiro atoms. The Morgan fingerprint density at radius 1 is 0.714 bits per heavy atom. The van der Waals surface area contributed by atoms with Crippen molar-refractivity contribution in [1.29, 1.82) is 0 Å². The number of fused-ring (bicyclic) bond motifs is 2. The zero-order chi connectivity index (χ0) is 14.1. The Bertz CT molecular complexity index is 920. The van der Waals surface area contributed by atoms with Gasteiger partial charge < -0.3 is 4.74 Å². The molecule has 0 unspecified atom stereocenters. The third-order valence-electron chi connectivity index (χ3n) is 3.44. The van der Waals surface area contributed by atoms with Gasteiger partial charge in [-0.15, -0.1) is 0 Å². The molecule has 21 heavy (non-hydrogen) atoms. The number of benzene rings is 3. The van der Waals surface area contributed by atoms with E-state index < -0.39 is 0 Å². The van der Waals surface area contributed by atoms with Crippen LogP contribution < -0.4 is 4.74 Å². The zero-order valence-corrected chi connectivity index (χ0v) is 11.2. The van der Waals surface area contributed by atoms with E-state index in [2.05, 4.69) is 46.4 Å². The number of ether oxygens (including phenoxy) is 1. The van der Waals surface area contributed by atoms with Gasteiger partial charge in [0.25, 0.3) is 0 Å². The average Bonchev–Trinajstić information content (AvgIpc) is 2.54. The Morgan fingerprint density at radius 2 is 1.48 bits per heavy atom. The van der Waals surface area contributed by atoms with Crippen LogP contribution in [-0.2, 0) is 0 Å². The number of hydrogen-bond donors (Lipinski definition) is 0. The molecule has 0 fully saturated rings. The second kappa shape index (κ2) is 4.87. The van der Waals surface area contributed by atoms with Crippen LogP contribution in [0.1, 0.15) is 0 Å². The van der Waals surface area contributed by atoms with E-state index in [-0.39, 0.29) is 0 Å². The summed E-state index contributed by atoms with van der Waals surface area (Å²) in [6.45, 7) is 0. The summed E-state index contributed by atoms with van der Waals surface area (Å²) >= 11 is 0. The molecule has 1 aromatic heterocycles. The van der Waals surface area contributed by atoms with Crippen LogP contribution in [0, 0.1) is 0 Å². The Morgan fingerprint density at radius 3 is 2.24 bits per heavy atom. The lowest BCUT2D eigenvalue weighted by molar-refractivity contribution is 0.461. The molecule has 1 heterocycles. The van der Waals surface area contributed by atoms with E-state index in [1.165, 1.54) is 16.2 Å². The molecule has 0 radical (unpaired) electrons. The smallest absolute Gasteiger partial charge is 0.237 e. The van der Waals surface area contributed by atoms with Crippen LogP contribution in [0.15, 0.2) is 73.2 Å². The van der Waals surface area contributed by atoms with Gasteiger partial charge in [-0.2, -0.15) is 0 Å². The maximum Gasteiger partial charge on any atom is 0.237 e. The highest BCUT2D eigenvalue weighted by Gasteiger charge is 2.02. The van der Waals surface area contributed by atoms with Crippen LogP contribution in [0.3, 0.4) is 0 Å². The normalized spacial score (nSPS) is 10.9. The first-order valence-electron chi connectivity index (χ1n) is 6.75. The average molecular weight is 272 g/mol. The van der Waals surface area contributed by atoms with Crippen molar-refractivity contribution in [3.63, 3.8) is 0 Å². The van der Waals surface area contributed by atoms with Crippen molar-refractivity contribution >= 4 is 21.5 Å². The lowest BCUT2D eigenvalue weighted by Crippen LogP contribution is -1.88. The van der Waals surface area contributed by atoms with E-state index in [1.807, 2.05) is 18.2 Å². The van der Waals surface area contributed by atoms with Gasteiger partial charge in [-0.05, 0) is 45.8 Å². The first-order valence-corrected chi connectivity index (χ1v) is 6.75. The summed E-state index contributed by atoms with van der Waals surface area (Å²) in [5.41, 5.74) is 0. The topological polar surface area (TPSA) is 35.0 Å². The van der Waals surface area contributed by atoms with Gasteiger partial charge >= 0.3 is 0 Å². The van der Waals surface area contributed by atoms with Crippen LogP contribution in [0.4, 0.5) is 0 Å². The summed E-state index contributed by atoms with van der Waals surface area (Å²) in [4.78, 5) is 8.12. The third-order valence-corrected chi connectivity index (χ3v) is 3.44. The molecule has 0 amide bonds. The molecular formula is C18H12N2O. The molecule has 3 aromatic carbocycles. The summed E-state index contributed by atoms with van der Waals surface area (Å²) in [5, 5.41) is 4.81. The highest BCUT2D eigenvalue weighted by atomic mass is 16.5. The van der Waals surface area contributed by atoms with Gasteiger partial charge in [0.15, 0.2) is 0 Å². The summed E-state index contributed by atoms with van der Waals surface area (Å²) < 4.78 is 5.72. The van der Waals surface area contributed by atoms with Crippen molar-refractivity contribution in [2.24, 2.45) is 0 Å². The molecule has 0 atom stereocenters. The molecule has 0 saturated heterocycles. The van der Waals surface area contributed by atoms with Crippen LogP contribution in [0.25, 0.3) is 21.5 Å². The standard InChI is InChI=1S/C18H12N2O/c1-2-4-14-10-16-11-17(21-18-12-19-7-8-20-18)6-5-15(16)9-13(14)3-1/h1-12H. The SMILES string of the molecule is c1ccc2cc3cc(Oc4cnccn4)ccc3cc2c1. The highest BCUT2D eigenvalue weighted by Crippen LogP contribution is 2.27. The quantitative estimate of drug-likeness (QED) is 0.501.